The summed E-state index contributed by atoms with van der Waals surface area (Å²) in [5, 5.41) is 0. The van der Waals surface area contributed by atoms with Crippen molar-refractivity contribution in [3.8, 4) is 11.5 Å². The normalized spacial score (nSPS) is 11.0. The molecule has 1 aromatic heterocycles. The van der Waals surface area contributed by atoms with Crippen LogP contribution < -0.4 is 9.47 Å². The molecule has 0 saturated carbocycles. The minimum absolute atomic E-state index is 0.810. The van der Waals surface area contributed by atoms with Gasteiger partial charge in [-0.25, -0.2) is 4.98 Å². The predicted octanol–water partition coefficient (Wildman–Crippen LogP) is 3.78. The highest BCUT2D eigenvalue weighted by atomic mass is 16.5. The van der Waals surface area contributed by atoms with E-state index in [2.05, 4.69) is 21.7 Å². The molecule has 0 spiro atoms. The van der Waals surface area contributed by atoms with Crippen LogP contribution >= 0.6 is 0 Å². The molecule has 0 bridgehead atoms. The molecule has 1 heterocycles. The summed E-state index contributed by atoms with van der Waals surface area (Å²) >= 11 is 0. The van der Waals surface area contributed by atoms with Crippen LogP contribution in [0.5, 0.6) is 11.5 Å². The van der Waals surface area contributed by atoms with Crippen molar-refractivity contribution in [3.63, 3.8) is 0 Å². The zero-order chi connectivity index (χ0) is 14.9. The SMILES string of the molecule is COc1ccc(C=CCCCCn2ccnc2)c(OC)c1. The third-order valence-corrected chi connectivity index (χ3v) is 3.33. The van der Waals surface area contributed by atoms with Gasteiger partial charge in [0.1, 0.15) is 11.5 Å². The van der Waals surface area contributed by atoms with E-state index >= 15 is 0 Å². The molecule has 4 nitrogen and oxygen atoms in total. The number of unbranched alkanes of at least 4 members (excludes halogenated alkanes) is 2. The minimum atomic E-state index is 0.810. The first kappa shape index (κ1) is 15.2. The van der Waals surface area contributed by atoms with E-state index in [1.807, 2.05) is 36.9 Å². The maximum atomic E-state index is 5.37. The second-order valence-electron chi connectivity index (χ2n) is 4.81. The van der Waals surface area contributed by atoms with Crippen LogP contribution in [0.2, 0.25) is 0 Å². The topological polar surface area (TPSA) is 36.3 Å². The van der Waals surface area contributed by atoms with Gasteiger partial charge in [0.05, 0.1) is 20.5 Å². The molecular formula is C17H22N2O2. The molecule has 0 saturated heterocycles. The molecule has 0 N–H and O–H groups in total. The van der Waals surface area contributed by atoms with E-state index < -0.39 is 0 Å². The molecule has 1 aromatic carbocycles. The lowest BCUT2D eigenvalue weighted by Gasteiger charge is -2.07. The van der Waals surface area contributed by atoms with Crippen LogP contribution in [-0.4, -0.2) is 23.8 Å². The first-order valence-corrected chi connectivity index (χ1v) is 7.18. The van der Waals surface area contributed by atoms with E-state index in [4.69, 9.17) is 9.47 Å². The van der Waals surface area contributed by atoms with Gasteiger partial charge in [0, 0.05) is 30.6 Å². The van der Waals surface area contributed by atoms with E-state index in [9.17, 15) is 0 Å². The number of hydrogen-bond acceptors (Lipinski definition) is 3. The van der Waals surface area contributed by atoms with Crippen molar-refractivity contribution >= 4 is 6.08 Å². The number of methoxy groups -OCH3 is 2. The van der Waals surface area contributed by atoms with Gasteiger partial charge in [-0.2, -0.15) is 0 Å². The van der Waals surface area contributed by atoms with Crippen LogP contribution in [0.3, 0.4) is 0 Å². The minimum Gasteiger partial charge on any atom is -0.497 e. The fourth-order valence-electron chi connectivity index (χ4n) is 2.14. The van der Waals surface area contributed by atoms with Crippen molar-refractivity contribution in [1.29, 1.82) is 0 Å². The lowest BCUT2D eigenvalue weighted by Crippen LogP contribution is -1.93. The Hall–Kier alpha value is -2.23. The van der Waals surface area contributed by atoms with E-state index in [0.717, 1.165) is 42.9 Å². The zero-order valence-corrected chi connectivity index (χ0v) is 12.7. The molecule has 0 aliphatic rings. The van der Waals surface area contributed by atoms with Gasteiger partial charge in [-0.05, 0) is 31.4 Å². The second-order valence-corrected chi connectivity index (χ2v) is 4.81. The third-order valence-electron chi connectivity index (χ3n) is 3.33. The van der Waals surface area contributed by atoms with Gasteiger partial charge in [0.15, 0.2) is 0 Å². The number of nitrogens with zero attached hydrogens (tertiary/aromatic N) is 2. The van der Waals surface area contributed by atoms with Gasteiger partial charge in [0.25, 0.3) is 0 Å². The highest BCUT2D eigenvalue weighted by molar-refractivity contribution is 5.59. The highest BCUT2D eigenvalue weighted by Gasteiger charge is 2.01. The highest BCUT2D eigenvalue weighted by Crippen LogP contribution is 2.25. The summed E-state index contributed by atoms with van der Waals surface area (Å²) < 4.78 is 12.7. The molecule has 4 heteroatoms. The van der Waals surface area contributed by atoms with E-state index in [1.165, 1.54) is 0 Å². The summed E-state index contributed by atoms with van der Waals surface area (Å²) in [6.07, 6.45) is 13.3. The number of aromatic nitrogens is 2. The summed E-state index contributed by atoms with van der Waals surface area (Å²) in [6, 6.07) is 5.86. The standard InChI is InChI=1S/C17H22N2O2/c1-20-16-9-8-15(17(13-16)21-2)7-5-3-4-6-11-19-12-10-18-14-19/h5,7-10,12-14H,3-4,6,11H2,1-2H3. The summed E-state index contributed by atoms with van der Waals surface area (Å²) in [6.45, 7) is 1.03. The molecule has 0 atom stereocenters. The molecular weight excluding hydrogens is 264 g/mol. The van der Waals surface area contributed by atoms with Gasteiger partial charge < -0.3 is 14.0 Å². The van der Waals surface area contributed by atoms with Crippen LogP contribution in [-0.2, 0) is 6.54 Å². The third kappa shape index (κ3) is 4.67. The summed E-state index contributed by atoms with van der Waals surface area (Å²) in [5.41, 5.74) is 1.08. The number of rotatable bonds is 8. The number of allylic oxidation sites excluding steroid dienone is 1. The Morgan fingerprint density at radius 1 is 1.19 bits per heavy atom. The number of aryl methyl sites for hydroxylation is 1. The lowest BCUT2D eigenvalue weighted by atomic mass is 10.1. The van der Waals surface area contributed by atoms with Crippen LogP contribution in [0.25, 0.3) is 6.08 Å². The summed E-state index contributed by atoms with van der Waals surface area (Å²) in [4.78, 5) is 4.03. The number of benzene rings is 1. The van der Waals surface area contributed by atoms with E-state index in [-0.39, 0.29) is 0 Å². The fraction of sp³-hybridized carbons (Fsp3) is 0.353. The van der Waals surface area contributed by atoms with Crippen molar-refractivity contribution < 1.29 is 9.47 Å². The first-order valence-electron chi connectivity index (χ1n) is 7.18. The van der Waals surface area contributed by atoms with Gasteiger partial charge in [-0.3, -0.25) is 0 Å². The molecule has 0 unspecified atom stereocenters. The summed E-state index contributed by atoms with van der Waals surface area (Å²) in [7, 11) is 3.34. The second kappa shape index (κ2) is 8.15. The van der Waals surface area contributed by atoms with Crippen molar-refractivity contribution in [2.75, 3.05) is 14.2 Å². The van der Waals surface area contributed by atoms with Crippen LogP contribution in [0, 0.1) is 0 Å². The van der Waals surface area contributed by atoms with Gasteiger partial charge in [-0.15, -0.1) is 0 Å². The lowest BCUT2D eigenvalue weighted by molar-refractivity contribution is 0.393. The van der Waals surface area contributed by atoms with Crippen molar-refractivity contribution in [2.45, 2.75) is 25.8 Å². The Kier molecular flexibility index (Phi) is 5.88. The Morgan fingerprint density at radius 3 is 2.81 bits per heavy atom. The molecule has 0 amide bonds. The fourth-order valence-corrected chi connectivity index (χ4v) is 2.14. The van der Waals surface area contributed by atoms with Crippen molar-refractivity contribution in [3.05, 3.63) is 48.6 Å². The summed E-state index contributed by atoms with van der Waals surface area (Å²) in [5.74, 6) is 1.65. The first-order chi connectivity index (χ1) is 10.3. The van der Waals surface area contributed by atoms with E-state index in [0.29, 0.717) is 0 Å². The Balaban J connectivity index is 1.78. The number of imidazole rings is 1. The van der Waals surface area contributed by atoms with Crippen molar-refractivity contribution in [2.24, 2.45) is 0 Å². The number of ether oxygens (including phenoxy) is 2. The molecule has 21 heavy (non-hydrogen) atoms. The molecule has 0 radical (unpaired) electrons. The Morgan fingerprint density at radius 2 is 2.10 bits per heavy atom. The van der Waals surface area contributed by atoms with Crippen LogP contribution in [0.1, 0.15) is 24.8 Å². The maximum absolute atomic E-state index is 5.37. The van der Waals surface area contributed by atoms with Gasteiger partial charge in [0.2, 0.25) is 0 Å². The average molecular weight is 286 g/mol. The van der Waals surface area contributed by atoms with Gasteiger partial charge in [-0.1, -0.05) is 12.2 Å². The number of hydrogen-bond donors (Lipinski definition) is 0. The zero-order valence-electron chi connectivity index (χ0n) is 12.7. The average Bonchev–Trinajstić information content (AvgIpc) is 3.04. The maximum Gasteiger partial charge on any atom is 0.129 e. The van der Waals surface area contributed by atoms with E-state index in [1.54, 1.807) is 14.2 Å². The Labute approximate surface area is 126 Å². The largest absolute Gasteiger partial charge is 0.497 e. The molecule has 0 aliphatic carbocycles. The van der Waals surface area contributed by atoms with Crippen LogP contribution in [0.4, 0.5) is 0 Å². The quantitative estimate of drug-likeness (QED) is 0.693. The monoisotopic (exact) mass is 286 g/mol. The molecule has 0 aliphatic heterocycles. The van der Waals surface area contributed by atoms with Crippen LogP contribution in [0.15, 0.2) is 43.0 Å². The predicted molar refractivity (Wildman–Crippen MR) is 84.7 cm³/mol. The molecule has 2 rings (SSSR count). The van der Waals surface area contributed by atoms with Gasteiger partial charge >= 0.3 is 0 Å². The smallest absolute Gasteiger partial charge is 0.129 e. The van der Waals surface area contributed by atoms with Crippen molar-refractivity contribution in [1.82, 2.24) is 9.55 Å². The molecule has 0 fully saturated rings. The molecule has 2 aromatic rings. The molecule has 112 valence electrons. The Bertz CT molecular complexity index is 562.